The van der Waals surface area contributed by atoms with Gasteiger partial charge in [0.05, 0.1) is 5.60 Å². The Morgan fingerprint density at radius 2 is 2.08 bits per heavy atom. The van der Waals surface area contributed by atoms with Crippen LogP contribution in [0.15, 0.2) is 28.5 Å². The van der Waals surface area contributed by atoms with E-state index < -0.39 is 5.60 Å². The SMILES string of the molecule is C[C@]12CCC(=O)C=C1C1=C=C1C1C2CC[C@@]2(C)C1[C@@H]1C[C@@H]1[C@@]2(O)CCO. The molecule has 0 amide bonds. The average molecular weight is 352 g/mol. The van der Waals surface area contributed by atoms with Gasteiger partial charge in [-0.2, -0.15) is 0 Å². The van der Waals surface area contributed by atoms with Crippen LogP contribution in [0.3, 0.4) is 0 Å². The topological polar surface area (TPSA) is 57.5 Å². The number of rotatable bonds is 2. The minimum absolute atomic E-state index is 0.0784. The predicted molar refractivity (Wildman–Crippen MR) is 97.0 cm³/mol. The van der Waals surface area contributed by atoms with Crippen LogP contribution in [0.2, 0.25) is 0 Å². The number of hydrogen-bond donors (Lipinski definition) is 2. The zero-order valence-corrected chi connectivity index (χ0v) is 15.7. The largest absolute Gasteiger partial charge is 0.396 e. The molecule has 0 aromatic heterocycles. The van der Waals surface area contributed by atoms with Crippen LogP contribution in [0, 0.1) is 40.4 Å². The number of allylic oxidation sites excluding steroid dienone is 2. The lowest BCUT2D eigenvalue weighted by Gasteiger charge is -2.59. The van der Waals surface area contributed by atoms with Gasteiger partial charge in [-0.3, -0.25) is 4.79 Å². The monoisotopic (exact) mass is 352 g/mol. The van der Waals surface area contributed by atoms with Gasteiger partial charge in [-0.25, -0.2) is 0 Å². The van der Waals surface area contributed by atoms with Crippen LogP contribution in [-0.4, -0.2) is 28.2 Å². The average Bonchev–Trinajstić information content (AvgIpc) is 3.49. The molecule has 0 saturated heterocycles. The van der Waals surface area contributed by atoms with Crippen LogP contribution in [0.1, 0.15) is 52.4 Å². The number of fused-ring (bicyclic) bond motifs is 10. The summed E-state index contributed by atoms with van der Waals surface area (Å²) in [5, 5.41) is 21.2. The molecule has 4 fully saturated rings. The number of carbonyl (C=O) groups is 1. The summed E-state index contributed by atoms with van der Waals surface area (Å²) >= 11 is 0. The van der Waals surface area contributed by atoms with Crippen molar-refractivity contribution in [2.75, 3.05) is 6.61 Å². The summed E-state index contributed by atoms with van der Waals surface area (Å²) in [6.45, 7) is 4.76. The molecule has 0 aromatic carbocycles. The van der Waals surface area contributed by atoms with Crippen molar-refractivity contribution in [3.05, 3.63) is 28.5 Å². The Kier molecular flexibility index (Phi) is 2.72. The molecule has 0 aromatic rings. The molecule has 8 atom stereocenters. The summed E-state index contributed by atoms with van der Waals surface area (Å²) < 4.78 is 0. The standard InChI is InChI=1S/C23H28O3/c1-21-5-3-12(25)9-17(21)13-10-14(13)19-16(21)4-6-22(2)20(19)15-11-18(15)23(22,26)7-8-24/h9,15-16,18-20,24,26H,3-8,11H2,1-2H3/t15-,16?,18+,19?,20?,21-,22+,23+/m1/s1. The van der Waals surface area contributed by atoms with Crippen LogP contribution in [-0.2, 0) is 4.79 Å². The van der Waals surface area contributed by atoms with E-state index in [1.165, 1.54) is 16.7 Å². The van der Waals surface area contributed by atoms with Gasteiger partial charge in [-0.1, -0.05) is 13.8 Å². The molecule has 0 aliphatic heterocycles. The van der Waals surface area contributed by atoms with E-state index in [4.69, 9.17) is 0 Å². The number of hydrogen-bond acceptors (Lipinski definition) is 3. The molecule has 4 saturated carbocycles. The Morgan fingerprint density at radius 3 is 2.85 bits per heavy atom. The lowest BCUT2D eigenvalue weighted by molar-refractivity contribution is -0.144. The molecule has 6 rings (SSSR count). The molecular formula is C23H28O3. The quantitative estimate of drug-likeness (QED) is 0.751. The molecule has 3 unspecified atom stereocenters. The van der Waals surface area contributed by atoms with E-state index in [-0.39, 0.29) is 23.2 Å². The molecule has 0 bridgehead atoms. The van der Waals surface area contributed by atoms with E-state index >= 15 is 0 Å². The van der Waals surface area contributed by atoms with Gasteiger partial charge in [-0.15, -0.1) is 5.73 Å². The highest BCUT2D eigenvalue weighted by Crippen LogP contribution is 2.79. The number of aliphatic hydroxyl groups excluding tert-OH is 1. The van der Waals surface area contributed by atoms with Crippen molar-refractivity contribution in [3.8, 4) is 0 Å². The first-order valence-corrected chi connectivity index (χ1v) is 10.4. The normalized spacial score (nSPS) is 55.5. The van der Waals surface area contributed by atoms with E-state index in [0.717, 1.165) is 25.7 Å². The van der Waals surface area contributed by atoms with Crippen molar-refractivity contribution in [2.45, 2.75) is 58.0 Å². The van der Waals surface area contributed by atoms with Gasteiger partial charge in [0.15, 0.2) is 5.78 Å². The minimum Gasteiger partial charge on any atom is -0.396 e. The first kappa shape index (κ1) is 15.9. The summed E-state index contributed by atoms with van der Waals surface area (Å²) in [5.74, 6) is 2.85. The molecule has 2 N–H and O–H groups in total. The molecule has 0 heterocycles. The number of ketones is 1. The summed E-state index contributed by atoms with van der Waals surface area (Å²) in [6, 6.07) is 0. The Labute approximate surface area is 154 Å². The van der Waals surface area contributed by atoms with Crippen LogP contribution in [0.4, 0.5) is 0 Å². The van der Waals surface area contributed by atoms with E-state index in [2.05, 4.69) is 19.6 Å². The third kappa shape index (κ3) is 1.55. The summed E-state index contributed by atoms with van der Waals surface area (Å²) in [6.07, 6.45) is 7.37. The summed E-state index contributed by atoms with van der Waals surface area (Å²) in [5.41, 5.74) is 6.80. The summed E-state index contributed by atoms with van der Waals surface area (Å²) in [4.78, 5) is 12.1. The van der Waals surface area contributed by atoms with Gasteiger partial charge in [0.2, 0.25) is 0 Å². The maximum atomic E-state index is 12.1. The van der Waals surface area contributed by atoms with Crippen LogP contribution < -0.4 is 0 Å². The second kappa shape index (κ2) is 4.46. The molecular weight excluding hydrogens is 324 g/mol. The van der Waals surface area contributed by atoms with Crippen LogP contribution in [0.5, 0.6) is 0 Å². The Hall–Kier alpha value is -1.15. The zero-order chi connectivity index (χ0) is 18.1. The molecule has 6 aliphatic rings. The van der Waals surface area contributed by atoms with Crippen LogP contribution in [0.25, 0.3) is 0 Å². The van der Waals surface area contributed by atoms with E-state index in [0.29, 0.717) is 42.4 Å². The zero-order valence-electron chi connectivity index (χ0n) is 15.7. The highest BCUT2D eigenvalue weighted by Gasteiger charge is 2.77. The lowest BCUT2D eigenvalue weighted by Crippen LogP contribution is -2.57. The van der Waals surface area contributed by atoms with E-state index in [1.54, 1.807) is 0 Å². The van der Waals surface area contributed by atoms with Gasteiger partial charge >= 0.3 is 0 Å². The van der Waals surface area contributed by atoms with Gasteiger partial charge < -0.3 is 10.2 Å². The Bertz CT molecular complexity index is 846. The molecule has 0 radical (unpaired) electrons. The predicted octanol–water partition coefficient (Wildman–Crippen LogP) is 3.17. The second-order valence-corrected chi connectivity index (χ2v) is 10.4. The molecule has 26 heavy (non-hydrogen) atoms. The fourth-order valence-corrected chi connectivity index (χ4v) is 8.24. The second-order valence-electron chi connectivity index (χ2n) is 10.4. The lowest BCUT2D eigenvalue weighted by atomic mass is 9.45. The number of carbonyl (C=O) groups excluding carboxylic acids is 1. The van der Waals surface area contributed by atoms with Crippen molar-refractivity contribution < 1.29 is 15.0 Å². The van der Waals surface area contributed by atoms with Crippen molar-refractivity contribution in [2.24, 2.45) is 40.4 Å². The first-order valence-electron chi connectivity index (χ1n) is 10.4. The van der Waals surface area contributed by atoms with E-state index in [9.17, 15) is 15.0 Å². The molecule has 138 valence electrons. The first-order chi connectivity index (χ1) is 12.3. The van der Waals surface area contributed by atoms with Gasteiger partial charge in [0.1, 0.15) is 0 Å². The van der Waals surface area contributed by atoms with E-state index in [1.807, 2.05) is 6.08 Å². The van der Waals surface area contributed by atoms with Crippen molar-refractivity contribution in [1.82, 2.24) is 0 Å². The highest BCUT2D eigenvalue weighted by molar-refractivity contribution is 5.93. The third-order valence-corrected chi connectivity index (χ3v) is 9.63. The Morgan fingerprint density at radius 1 is 1.27 bits per heavy atom. The van der Waals surface area contributed by atoms with Gasteiger partial charge in [0.25, 0.3) is 0 Å². The number of aliphatic hydroxyl groups is 2. The Balaban J connectivity index is 1.44. The van der Waals surface area contributed by atoms with Gasteiger partial charge in [0, 0.05) is 36.0 Å². The minimum atomic E-state index is -0.697. The fraction of sp³-hybridized carbons (Fsp3) is 0.739. The highest BCUT2D eigenvalue weighted by atomic mass is 16.3. The fourth-order valence-electron chi connectivity index (χ4n) is 8.24. The maximum Gasteiger partial charge on any atom is 0.156 e. The third-order valence-electron chi connectivity index (χ3n) is 9.63. The molecule has 6 aliphatic carbocycles. The maximum absolute atomic E-state index is 12.1. The van der Waals surface area contributed by atoms with Crippen molar-refractivity contribution >= 4 is 5.78 Å². The van der Waals surface area contributed by atoms with Crippen LogP contribution >= 0.6 is 0 Å². The molecule has 0 spiro atoms. The van der Waals surface area contributed by atoms with Gasteiger partial charge in [-0.05, 0) is 72.3 Å². The summed E-state index contributed by atoms with van der Waals surface area (Å²) in [7, 11) is 0. The van der Waals surface area contributed by atoms with Crippen molar-refractivity contribution in [1.29, 1.82) is 0 Å². The van der Waals surface area contributed by atoms with Crippen molar-refractivity contribution in [3.63, 3.8) is 0 Å². The molecule has 3 heteroatoms. The smallest absolute Gasteiger partial charge is 0.156 e. The molecule has 3 nitrogen and oxygen atoms in total.